The van der Waals surface area contributed by atoms with E-state index in [1.165, 1.54) is 12.1 Å². The van der Waals surface area contributed by atoms with Crippen molar-refractivity contribution >= 4 is 0 Å². The largest absolute Gasteiger partial charge is 0.508 e. The van der Waals surface area contributed by atoms with Gasteiger partial charge in [0.05, 0.1) is 6.20 Å². The minimum Gasteiger partial charge on any atom is -0.508 e. The highest BCUT2D eigenvalue weighted by Gasteiger charge is 2.02. The Morgan fingerprint density at radius 2 is 1.09 bits per heavy atom. The fourth-order valence-electron chi connectivity index (χ4n) is 1.77. The molecule has 0 spiro atoms. The summed E-state index contributed by atoms with van der Waals surface area (Å²) < 4.78 is 11.1. The number of rotatable bonds is 4. The molecule has 0 saturated carbocycles. The average Bonchev–Trinajstić information content (AvgIpc) is 2.54. The summed E-state index contributed by atoms with van der Waals surface area (Å²) in [5, 5.41) is 18.4. The number of phenolic OH excluding ortho intramolecular Hbond substituents is 2. The van der Waals surface area contributed by atoms with Crippen LogP contribution in [0.1, 0.15) is 0 Å². The lowest BCUT2D eigenvalue weighted by Crippen LogP contribution is -1.89. The molecule has 3 aromatic rings. The van der Waals surface area contributed by atoms with Crippen molar-refractivity contribution in [3.63, 3.8) is 0 Å². The standard InChI is InChI=1S/C17H13NO4/c19-12-1-5-14(6-2-12)21-16-9-10-17(18-11-16)22-15-7-3-13(20)4-8-15/h1-11,19-20H. The first-order valence-corrected chi connectivity index (χ1v) is 6.59. The molecule has 5 heteroatoms. The first-order chi connectivity index (χ1) is 10.7. The molecular weight excluding hydrogens is 282 g/mol. The van der Waals surface area contributed by atoms with Gasteiger partial charge in [0, 0.05) is 6.07 Å². The van der Waals surface area contributed by atoms with Crippen molar-refractivity contribution in [2.75, 3.05) is 0 Å². The summed E-state index contributed by atoms with van der Waals surface area (Å²) in [5.41, 5.74) is 0. The van der Waals surface area contributed by atoms with Crippen molar-refractivity contribution in [3.05, 3.63) is 66.9 Å². The van der Waals surface area contributed by atoms with Crippen molar-refractivity contribution in [3.8, 4) is 34.6 Å². The van der Waals surface area contributed by atoms with Crippen LogP contribution in [0.5, 0.6) is 34.6 Å². The number of aromatic hydroxyl groups is 2. The fraction of sp³-hybridized carbons (Fsp3) is 0. The second-order valence-electron chi connectivity index (χ2n) is 4.52. The third-order valence-corrected chi connectivity index (χ3v) is 2.84. The maximum absolute atomic E-state index is 9.22. The van der Waals surface area contributed by atoms with Gasteiger partial charge in [-0.2, -0.15) is 0 Å². The Morgan fingerprint density at radius 3 is 1.59 bits per heavy atom. The predicted molar refractivity (Wildman–Crippen MR) is 80.6 cm³/mol. The highest BCUT2D eigenvalue weighted by Crippen LogP contribution is 2.26. The number of pyridine rings is 1. The van der Waals surface area contributed by atoms with Crippen molar-refractivity contribution in [2.45, 2.75) is 0 Å². The van der Waals surface area contributed by atoms with E-state index >= 15 is 0 Å². The van der Waals surface area contributed by atoms with Crippen molar-refractivity contribution in [1.82, 2.24) is 4.98 Å². The third kappa shape index (κ3) is 3.46. The van der Waals surface area contributed by atoms with E-state index in [4.69, 9.17) is 9.47 Å². The van der Waals surface area contributed by atoms with E-state index in [-0.39, 0.29) is 11.5 Å². The van der Waals surface area contributed by atoms with Crippen LogP contribution >= 0.6 is 0 Å². The topological polar surface area (TPSA) is 71.8 Å². The van der Waals surface area contributed by atoms with Gasteiger partial charge in [0.15, 0.2) is 0 Å². The second kappa shape index (κ2) is 6.05. The lowest BCUT2D eigenvalue weighted by atomic mass is 10.3. The molecule has 22 heavy (non-hydrogen) atoms. The Bertz CT molecular complexity index is 671. The SMILES string of the molecule is Oc1ccc(Oc2ccc(Oc3ccc(O)cc3)nc2)cc1. The van der Waals surface area contributed by atoms with Gasteiger partial charge in [-0.05, 0) is 54.6 Å². The molecule has 1 heterocycles. The van der Waals surface area contributed by atoms with Crippen LogP contribution in [0.2, 0.25) is 0 Å². The monoisotopic (exact) mass is 295 g/mol. The van der Waals surface area contributed by atoms with Gasteiger partial charge in [-0.3, -0.25) is 0 Å². The van der Waals surface area contributed by atoms with Crippen LogP contribution in [-0.4, -0.2) is 15.2 Å². The van der Waals surface area contributed by atoms with E-state index in [1.807, 2.05) is 0 Å². The number of ether oxygens (including phenoxy) is 2. The molecule has 2 aromatic carbocycles. The van der Waals surface area contributed by atoms with E-state index in [1.54, 1.807) is 54.7 Å². The van der Waals surface area contributed by atoms with E-state index < -0.39 is 0 Å². The van der Waals surface area contributed by atoms with Crippen molar-refractivity contribution in [1.29, 1.82) is 0 Å². The molecule has 0 fully saturated rings. The lowest BCUT2D eigenvalue weighted by Gasteiger charge is -2.07. The number of nitrogens with zero attached hydrogens (tertiary/aromatic N) is 1. The number of hydrogen-bond acceptors (Lipinski definition) is 5. The molecule has 0 saturated heterocycles. The molecule has 5 nitrogen and oxygen atoms in total. The van der Waals surface area contributed by atoms with Gasteiger partial charge >= 0.3 is 0 Å². The number of aromatic nitrogens is 1. The Hall–Kier alpha value is -3.21. The number of hydrogen-bond donors (Lipinski definition) is 2. The Labute approximate surface area is 127 Å². The van der Waals surface area contributed by atoms with E-state index in [0.29, 0.717) is 23.1 Å². The van der Waals surface area contributed by atoms with Crippen LogP contribution in [0.25, 0.3) is 0 Å². The van der Waals surface area contributed by atoms with Crippen LogP contribution in [-0.2, 0) is 0 Å². The van der Waals surface area contributed by atoms with E-state index in [2.05, 4.69) is 4.98 Å². The van der Waals surface area contributed by atoms with Gasteiger partial charge in [0.2, 0.25) is 5.88 Å². The smallest absolute Gasteiger partial charge is 0.219 e. The van der Waals surface area contributed by atoms with E-state index in [9.17, 15) is 10.2 Å². The summed E-state index contributed by atoms with van der Waals surface area (Å²) in [6, 6.07) is 16.2. The molecule has 1 aromatic heterocycles. The van der Waals surface area contributed by atoms with Gasteiger partial charge in [-0.1, -0.05) is 0 Å². The van der Waals surface area contributed by atoms with Crippen LogP contribution in [0.15, 0.2) is 66.9 Å². The fourth-order valence-corrected chi connectivity index (χ4v) is 1.77. The minimum atomic E-state index is 0.179. The summed E-state index contributed by atoms with van der Waals surface area (Å²) >= 11 is 0. The van der Waals surface area contributed by atoms with Crippen molar-refractivity contribution in [2.24, 2.45) is 0 Å². The first kappa shape index (κ1) is 13.8. The highest BCUT2D eigenvalue weighted by molar-refractivity contribution is 5.36. The Kier molecular flexibility index (Phi) is 3.78. The molecule has 0 aliphatic rings. The molecule has 0 aliphatic heterocycles. The second-order valence-corrected chi connectivity index (χ2v) is 4.52. The number of benzene rings is 2. The zero-order valence-electron chi connectivity index (χ0n) is 11.5. The molecule has 0 amide bonds. The molecular formula is C17H13NO4. The first-order valence-electron chi connectivity index (χ1n) is 6.59. The van der Waals surface area contributed by atoms with Crippen molar-refractivity contribution < 1.29 is 19.7 Å². The summed E-state index contributed by atoms with van der Waals surface area (Å²) in [7, 11) is 0. The van der Waals surface area contributed by atoms with Gasteiger partial charge in [0.1, 0.15) is 28.7 Å². The van der Waals surface area contributed by atoms with Crippen LogP contribution in [0.3, 0.4) is 0 Å². The lowest BCUT2D eigenvalue weighted by molar-refractivity contribution is 0.445. The molecule has 2 N–H and O–H groups in total. The summed E-state index contributed by atoms with van der Waals surface area (Å²) in [4.78, 5) is 4.15. The summed E-state index contributed by atoms with van der Waals surface area (Å²) in [6.45, 7) is 0. The summed E-state index contributed by atoms with van der Waals surface area (Å²) in [5.74, 6) is 2.53. The average molecular weight is 295 g/mol. The van der Waals surface area contributed by atoms with Gasteiger partial charge < -0.3 is 19.7 Å². The van der Waals surface area contributed by atoms with Gasteiger partial charge in [-0.25, -0.2) is 4.98 Å². The highest BCUT2D eigenvalue weighted by atomic mass is 16.5. The maximum Gasteiger partial charge on any atom is 0.219 e. The van der Waals surface area contributed by atoms with Crippen LogP contribution < -0.4 is 9.47 Å². The molecule has 0 aliphatic carbocycles. The summed E-state index contributed by atoms with van der Waals surface area (Å²) in [6.07, 6.45) is 1.54. The number of phenols is 2. The molecule has 110 valence electrons. The molecule has 0 bridgehead atoms. The minimum absolute atomic E-state index is 0.179. The molecule has 0 unspecified atom stereocenters. The molecule has 0 radical (unpaired) electrons. The van der Waals surface area contributed by atoms with Crippen LogP contribution in [0.4, 0.5) is 0 Å². The maximum atomic E-state index is 9.22. The van der Waals surface area contributed by atoms with Gasteiger partial charge in [0.25, 0.3) is 0 Å². The quantitative estimate of drug-likeness (QED) is 0.759. The Balaban J connectivity index is 1.67. The van der Waals surface area contributed by atoms with Crippen LogP contribution in [0, 0.1) is 0 Å². The van der Waals surface area contributed by atoms with Gasteiger partial charge in [-0.15, -0.1) is 0 Å². The normalized spacial score (nSPS) is 10.2. The predicted octanol–water partition coefficient (Wildman–Crippen LogP) is 4.08. The Morgan fingerprint density at radius 1 is 0.591 bits per heavy atom. The van der Waals surface area contributed by atoms with E-state index in [0.717, 1.165) is 0 Å². The zero-order chi connectivity index (χ0) is 15.4. The zero-order valence-corrected chi connectivity index (χ0v) is 11.5. The molecule has 3 rings (SSSR count). The third-order valence-electron chi connectivity index (χ3n) is 2.84. The molecule has 0 atom stereocenters.